The molecule has 0 aliphatic heterocycles. The zero-order valence-electron chi connectivity index (χ0n) is 13.5. The van der Waals surface area contributed by atoms with Gasteiger partial charge in [0.05, 0.1) is 11.3 Å². The minimum absolute atomic E-state index is 0. The summed E-state index contributed by atoms with van der Waals surface area (Å²) < 4.78 is 0. The van der Waals surface area contributed by atoms with E-state index in [9.17, 15) is 4.79 Å². The van der Waals surface area contributed by atoms with Gasteiger partial charge in [0.25, 0.3) is 0 Å². The van der Waals surface area contributed by atoms with Gasteiger partial charge in [-0.2, -0.15) is 0 Å². The Balaban J connectivity index is 0.00000400. The fourth-order valence-electron chi connectivity index (χ4n) is 1.79. The van der Waals surface area contributed by atoms with Gasteiger partial charge in [-0.1, -0.05) is 31.5 Å². The maximum atomic E-state index is 12.1. The molecule has 5 heteroatoms. The van der Waals surface area contributed by atoms with E-state index in [4.69, 9.17) is 5.73 Å². The topological polar surface area (TPSA) is 55.1 Å². The Labute approximate surface area is 138 Å². The van der Waals surface area contributed by atoms with Crippen molar-refractivity contribution in [2.24, 2.45) is 11.7 Å². The molecule has 1 amide bonds. The molecule has 0 aliphatic rings. The maximum Gasteiger partial charge on any atom is 0.230 e. The fourth-order valence-corrected chi connectivity index (χ4v) is 2.72. The van der Waals surface area contributed by atoms with E-state index in [-0.39, 0.29) is 23.9 Å². The predicted octanol–water partition coefficient (Wildman–Crippen LogP) is 3.31. The number of rotatable bonds is 6. The Morgan fingerprint density at radius 3 is 2.52 bits per heavy atom. The smallest absolute Gasteiger partial charge is 0.230 e. The number of benzene rings is 1. The van der Waals surface area contributed by atoms with Crippen molar-refractivity contribution in [2.75, 3.05) is 12.3 Å². The second-order valence-corrected chi connectivity index (χ2v) is 6.90. The van der Waals surface area contributed by atoms with Gasteiger partial charge >= 0.3 is 0 Å². The molecule has 3 N–H and O–H groups in total. The molecule has 1 unspecified atom stereocenters. The third-order valence-electron chi connectivity index (χ3n) is 3.83. The van der Waals surface area contributed by atoms with Crippen molar-refractivity contribution in [3.05, 3.63) is 29.3 Å². The monoisotopic (exact) mass is 330 g/mol. The SMILES string of the molecule is Cc1ccc(C)c(SCC(=O)NC(C)(CN)C(C)C)c1.Cl. The van der Waals surface area contributed by atoms with Gasteiger partial charge in [-0.25, -0.2) is 0 Å². The van der Waals surface area contributed by atoms with Crippen LogP contribution >= 0.6 is 24.2 Å². The molecular weight excluding hydrogens is 304 g/mol. The number of aryl methyl sites for hydroxylation is 2. The first-order chi connectivity index (χ1) is 9.28. The number of carbonyl (C=O) groups excluding carboxylic acids is 1. The molecule has 1 aromatic carbocycles. The van der Waals surface area contributed by atoms with Crippen molar-refractivity contribution in [2.45, 2.75) is 45.1 Å². The highest BCUT2D eigenvalue weighted by Gasteiger charge is 2.28. The van der Waals surface area contributed by atoms with Crippen LogP contribution in [0.25, 0.3) is 0 Å². The van der Waals surface area contributed by atoms with Crippen LogP contribution in [0.3, 0.4) is 0 Å². The van der Waals surface area contributed by atoms with E-state index < -0.39 is 0 Å². The Hall–Kier alpha value is -0.710. The van der Waals surface area contributed by atoms with Crippen molar-refractivity contribution in [3.8, 4) is 0 Å². The Kier molecular flexibility index (Phi) is 8.37. The van der Waals surface area contributed by atoms with Gasteiger partial charge in [0.15, 0.2) is 0 Å². The molecule has 0 bridgehead atoms. The van der Waals surface area contributed by atoms with Crippen molar-refractivity contribution < 1.29 is 4.79 Å². The van der Waals surface area contributed by atoms with E-state index in [2.05, 4.69) is 51.2 Å². The molecule has 0 saturated carbocycles. The van der Waals surface area contributed by atoms with Gasteiger partial charge in [0, 0.05) is 11.4 Å². The second kappa shape index (κ2) is 8.66. The largest absolute Gasteiger partial charge is 0.349 e. The lowest BCUT2D eigenvalue weighted by atomic mass is 9.88. The van der Waals surface area contributed by atoms with Crippen LogP contribution in [0.4, 0.5) is 0 Å². The van der Waals surface area contributed by atoms with Crippen molar-refractivity contribution in [1.29, 1.82) is 0 Å². The lowest BCUT2D eigenvalue weighted by molar-refractivity contribution is -0.120. The van der Waals surface area contributed by atoms with Crippen LogP contribution in [0.5, 0.6) is 0 Å². The van der Waals surface area contributed by atoms with Crippen molar-refractivity contribution >= 4 is 30.1 Å². The van der Waals surface area contributed by atoms with Gasteiger partial charge < -0.3 is 11.1 Å². The summed E-state index contributed by atoms with van der Waals surface area (Å²) in [5, 5.41) is 3.06. The molecule has 120 valence electrons. The molecule has 0 heterocycles. The lowest BCUT2D eigenvalue weighted by Gasteiger charge is -2.33. The number of hydrogen-bond acceptors (Lipinski definition) is 3. The number of thioether (sulfide) groups is 1. The summed E-state index contributed by atoms with van der Waals surface area (Å²) >= 11 is 1.58. The summed E-state index contributed by atoms with van der Waals surface area (Å²) in [5.41, 5.74) is 7.87. The van der Waals surface area contributed by atoms with Gasteiger partial charge in [-0.05, 0) is 38.3 Å². The van der Waals surface area contributed by atoms with Gasteiger partial charge in [-0.15, -0.1) is 24.2 Å². The third kappa shape index (κ3) is 5.89. The van der Waals surface area contributed by atoms with E-state index in [1.807, 2.05) is 6.92 Å². The van der Waals surface area contributed by atoms with E-state index in [1.54, 1.807) is 11.8 Å². The fraction of sp³-hybridized carbons (Fsp3) is 0.562. The molecule has 1 rings (SSSR count). The number of amides is 1. The average molecular weight is 331 g/mol. The van der Waals surface area contributed by atoms with Crippen LogP contribution in [0.2, 0.25) is 0 Å². The molecule has 0 radical (unpaired) electrons. The Morgan fingerprint density at radius 2 is 2.00 bits per heavy atom. The summed E-state index contributed by atoms with van der Waals surface area (Å²) in [7, 11) is 0. The Bertz CT molecular complexity index is 479. The van der Waals surface area contributed by atoms with Crippen molar-refractivity contribution in [3.63, 3.8) is 0 Å². The van der Waals surface area contributed by atoms with Crippen LogP contribution in [0.15, 0.2) is 23.1 Å². The summed E-state index contributed by atoms with van der Waals surface area (Å²) in [5.74, 6) is 0.770. The van der Waals surface area contributed by atoms with Crippen LogP contribution in [0.1, 0.15) is 31.9 Å². The maximum absolute atomic E-state index is 12.1. The molecule has 0 aliphatic carbocycles. The lowest BCUT2D eigenvalue weighted by Crippen LogP contribution is -2.55. The number of hydrogen-bond donors (Lipinski definition) is 2. The molecule has 1 aromatic rings. The van der Waals surface area contributed by atoms with Crippen LogP contribution in [0, 0.1) is 19.8 Å². The molecule has 1 atom stereocenters. The van der Waals surface area contributed by atoms with Gasteiger partial charge in [-0.3, -0.25) is 4.79 Å². The van der Waals surface area contributed by atoms with Gasteiger partial charge in [0.1, 0.15) is 0 Å². The highest BCUT2D eigenvalue weighted by molar-refractivity contribution is 8.00. The minimum atomic E-state index is -0.334. The number of nitrogens with one attached hydrogen (secondary N) is 1. The second-order valence-electron chi connectivity index (χ2n) is 5.88. The zero-order chi connectivity index (χ0) is 15.3. The summed E-state index contributed by atoms with van der Waals surface area (Å²) in [6, 6.07) is 6.30. The van der Waals surface area contributed by atoms with Crippen LogP contribution < -0.4 is 11.1 Å². The van der Waals surface area contributed by atoms with Gasteiger partial charge in [0.2, 0.25) is 5.91 Å². The first-order valence-corrected chi connectivity index (χ1v) is 7.98. The summed E-state index contributed by atoms with van der Waals surface area (Å²) in [6.45, 7) is 10.7. The first-order valence-electron chi connectivity index (χ1n) is 6.99. The first kappa shape index (κ1) is 20.3. The van der Waals surface area contributed by atoms with Crippen LogP contribution in [-0.4, -0.2) is 23.7 Å². The van der Waals surface area contributed by atoms with E-state index >= 15 is 0 Å². The highest BCUT2D eigenvalue weighted by Crippen LogP contribution is 2.24. The number of halogens is 1. The average Bonchev–Trinajstić information content (AvgIpc) is 2.39. The Morgan fingerprint density at radius 1 is 1.38 bits per heavy atom. The zero-order valence-corrected chi connectivity index (χ0v) is 15.2. The third-order valence-corrected chi connectivity index (χ3v) is 4.98. The summed E-state index contributed by atoms with van der Waals surface area (Å²) in [6.07, 6.45) is 0. The minimum Gasteiger partial charge on any atom is -0.349 e. The number of nitrogens with two attached hydrogens (primary N) is 1. The quantitative estimate of drug-likeness (QED) is 0.787. The standard InChI is InChI=1S/C16H26N2OS.ClH/c1-11(2)16(5,10-17)18-15(19)9-20-14-8-12(3)6-7-13(14)4;/h6-8,11H,9-10,17H2,1-5H3,(H,18,19);1H. The summed E-state index contributed by atoms with van der Waals surface area (Å²) in [4.78, 5) is 13.3. The molecule has 0 saturated heterocycles. The molecule has 0 aromatic heterocycles. The normalized spacial score (nSPS) is 13.5. The van der Waals surface area contributed by atoms with Crippen molar-refractivity contribution in [1.82, 2.24) is 5.32 Å². The van der Waals surface area contributed by atoms with E-state index in [1.165, 1.54) is 16.0 Å². The molecule has 3 nitrogen and oxygen atoms in total. The van der Waals surface area contributed by atoms with Crippen LogP contribution in [-0.2, 0) is 4.79 Å². The molecule has 0 fully saturated rings. The highest BCUT2D eigenvalue weighted by atomic mass is 35.5. The molecule has 21 heavy (non-hydrogen) atoms. The van der Waals surface area contributed by atoms with E-state index in [0.29, 0.717) is 18.2 Å². The molecule has 0 spiro atoms. The van der Waals surface area contributed by atoms with E-state index in [0.717, 1.165) is 0 Å². The molecular formula is C16H27ClN2OS. The number of carbonyl (C=O) groups is 1. The predicted molar refractivity (Wildman–Crippen MR) is 94.3 cm³/mol.